The van der Waals surface area contributed by atoms with Gasteiger partial charge in [0.1, 0.15) is 6.29 Å². The van der Waals surface area contributed by atoms with Gasteiger partial charge in [-0.15, -0.1) is 0 Å². The highest BCUT2D eigenvalue weighted by atomic mass is 35.5. The third-order valence-corrected chi connectivity index (χ3v) is 10.4. The quantitative estimate of drug-likeness (QED) is 0.265. The lowest BCUT2D eigenvalue weighted by atomic mass is 10.2. The third-order valence-electron chi connectivity index (χ3n) is 6.07. The van der Waals surface area contributed by atoms with Gasteiger partial charge in [-0.2, -0.15) is 0 Å². The summed E-state index contributed by atoms with van der Waals surface area (Å²) in [6, 6.07) is 10.5. The maximum Gasteiger partial charge on any atom is 0.350 e. The summed E-state index contributed by atoms with van der Waals surface area (Å²) in [4.78, 5) is 14.9. The summed E-state index contributed by atoms with van der Waals surface area (Å²) in [5.41, 5.74) is 0.814. The van der Waals surface area contributed by atoms with Crippen LogP contribution in [-0.4, -0.2) is 76.1 Å². The zero-order valence-corrected chi connectivity index (χ0v) is 24.8. The molecular weight excluding hydrogens is 588 g/mol. The number of halogens is 2. The van der Waals surface area contributed by atoms with Crippen molar-refractivity contribution in [3.63, 3.8) is 0 Å². The fraction of sp³-hybridized carbons (Fsp3) is 0.400. The van der Waals surface area contributed by atoms with Crippen molar-refractivity contribution >= 4 is 63.3 Å². The molecule has 3 aromatic rings. The zero-order valence-electron chi connectivity index (χ0n) is 21.6. The molecule has 0 radical (unpaired) electrons. The van der Waals surface area contributed by atoms with E-state index in [1.54, 1.807) is 44.3 Å². The van der Waals surface area contributed by atoms with E-state index in [-0.39, 0.29) is 46.3 Å². The first-order chi connectivity index (χ1) is 18.6. The van der Waals surface area contributed by atoms with Crippen molar-refractivity contribution in [2.24, 2.45) is 0 Å². The number of carbonyl (C=O) groups excluding carboxylic acids is 1. The lowest BCUT2D eigenvalue weighted by Gasteiger charge is -2.28. The van der Waals surface area contributed by atoms with Gasteiger partial charge < -0.3 is 13.8 Å². The second-order valence-corrected chi connectivity index (χ2v) is 13.5. The first kappa shape index (κ1) is 30.0. The Morgan fingerprint density at radius 1 is 1.03 bits per heavy atom. The Hall–Kier alpha value is -1.95. The van der Waals surface area contributed by atoms with Crippen LogP contribution in [-0.2, 0) is 28.4 Å². The maximum absolute atomic E-state index is 13.9. The Bertz CT molecular complexity index is 1460. The number of hydrogen-bond donors (Lipinski definition) is 0. The predicted octanol–water partition coefficient (Wildman–Crippen LogP) is 5.34. The molecule has 0 spiro atoms. The van der Waals surface area contributed by atoms with Crippen LogP contribution in [0.25, 0.3) is 10.9 Å². The smallest absolute Gasteiger partial charge is 0.350 e. The van der Waals surface area contributed by atoms with Gasteiger partial charge >= 0.3 is 7.60 Å². The van der Waals surface area contributed by atoms with E-state index in [0.29, 0.717) is 37.2 Å². The summed E-state index contributed by atoms with van der Waals surface area (Å²) in [7, 11) is -8.19. The molecule has 1 aromatic heterocycles. The van der Waals surface area contributed by atoms with E-state index < -0.39 is 23.9 Å². The van der Waals surface area contributed by atoms with Gasteiger partial charge in [0.25, 0.3) is 10.0 Å². The Morgan fingerprint density at radius 3 is 2.28 bits per heavy atom. The number of carbonyl (C=O) groups is 1. The first-order valence-corrected chi connectivity index (χ1v) is 16.3. The van der Waals surface area contributed by atoms with Crippen LogP contribution in [0.5, 0.6) is 0 Å². The third kappa shape index (κ3) is 7.04. The van der Waals surface area contributed by atoms with Crippen molar-refractivity contribution in [1.29, 1.82) is 0 Å². The summed E-state index contributed by atoms with van der Waals surface area (Å²) in [5, 5.41) is 0.880. The molecule has 1 fully saturated rings. The number of anilines is 1. The molecule has 10 nitrogen and oxygen atoms in total. The van der Waals surface area contributed by atoms with E-state index in [0.717, 1.165) is 4.31 Å². The summed E-state index contributed by atoms with van der Waals surface area (Å²) in [6.07, 6.45) is 1.07. The largest absolute Gasteiger partial charge is 0.379 e. The van der Waals surface area contributed by atoms with E-state index in [4.69, 9.17) is 37.0 Å². The number of morpholine rings is 1. The minimum atomic E-state index is -4.33. The van der Waals surface area contributed by atoms with Gasteiger partial charge in [0, 0.05) is 34.7 Å². The minimum Gasteiger partial charge on any atom is -0.379 e. The SMILES string of the molecule is CCOP(=O)(CN(c1ccc2c(ccn2C(=O)CN2CCOCC2)c1)S(=O)(=O)c1cc(Cl)cc(Cl)c1)OCC. The second-order valence-electron chi connectivity index (χ2n) is 8.76. The van der Waals surface area contributed by atoms with E-state index in [1.165, 1.54) is 22.8 Å². The van der Waals surface area contributed by atoms with E-state index >= 15 is 0 Å². The van der Waals surface area contributed by atoms with Crippen LogP contribution in [0.15, 0.2) is 53.6 Å². The van der Waals surface area contributed by atoms with Crippen LogP contribution >= 0.6 is 30.8 Å². The van der Waals surface area contributed by atoms with Gasteiger partial charge in [0.05, 0.1) is 49.1 Å². The number of aromatic nitrogens is 1. The molecule has 1 aliphatic heterocycles. The maximum atomic E-state index is 13.9. The Morgan fingerprint density at radius 2 is 1.67 bits per heavy atom. The molecule has 2 heterocycles. The van der Waals surface area contributed by atoms with E-state index in [1.807, 2.05) is 4.90 Å². The molecule has 0 aliphatic carbocycles. The van der Waals surface area contributed by atoms with Crippen molar-refractivity contribution in [3.05, 3.63) is 58.7 Å². The molecule has 1 saturated heterocycles. The molecular formula is C25H30Cl2N3O7PS. The monoisotopic (exact) mass is 617 g/mol. The molecule has 0 N–H and O–H groups in total. The fourth-order valence-corrected chi connectivity index (χ4v) is 8.69. The predicted molar refractivity (Wildman–Crippen MR) is 152 cm³/mol. The molecule has 39 heavy (non-hydrogen) atoms. The van der Waals surface area contributed by atoms with Gasteiger partial charge in [0.15, 0.2) is 0 Å². The van der Waals surface area contributed by atoms with Crippen molar-refractivity contribution in [2.75, 3.05) is 56.7 Å². The van der Waals surface area contributed by atoms with Crippen molar-refractivity contribution in [3.8, 4) is 0 Å². The minimum absolute atomic E-state index is 0.0568. The number of rotatable bonds is 11. The normalized spacial score (nSPS) is 15.1. The lowest BCUT2D eigenvalue weighted by Crippen LogP contribution is -2.40. The molecule has 0 bridgehead atoms. The number of hydrogen-bond acceptors (Lipinski definition) is 8. The Balaban J connectivity index is 1.74. The zero-order chi connectivity index (χ0) is 28.2. The van der Waals surface area contributed by atoms with Crippen molar-refractivity contribution in [1.82, 2.24) is 9.47 Å². The van der Waals surface area contributed by atoms with Crippen LogP contribution in [0.4, 0.5) is 5.69 Å². The standard InChI is InChI=1S/C25H30Cl2N3O7PS/c1-3-36-38(32,37-4-2)18-30(39(33,34)23-15-20(26)14-21(27)16-23)22-5-6-24-19(13-22)7-8-29(24)25(31)17-28-9-11-35-12-10-28/h5-8,13-16H,3-4,9-12,17-18H2,1-2H3. The lowest BCUT2D eigenvalue weighted by molar-refractivity contribution is 0.0350. The number of sulfonamides is 1. The summed E-state index contributed by atoms with van der Waals surface area (Å²) in [5.74, 6) is -0.116. The first-order valence-electron chi connectivity index (χ1n) is 12.4. The molecule has 1 aliphatic rings. The number of ether oxygens (including phenoxy) is 1. The van der Waals surface area contributed by atoms with E-state index in [2.05, 4.69) is 0 Å². The van der Waals surface area contributed by atoms with Gasteiger partial charge in [0.2, 0.25) is 5.91 Å². The van der Waals surface area contributed by atoms with Gasteiger partial charge in [-0.05, 0) is 56.3 Å². The number of fused-ring (bicyclic) bond motifs is 1. The van der Waals surface area contributed by atoms with Crippen LogP contribution in [0.1, 0.15) is 18.6 Å². The van der Waals surface area contributed by atoms with Crippen LogP contribution in [0.2, 0.25) is 10.0 Å². The molecule has 14 heteroatoms. The Kier molecular flexibility index (Phi) is 9.78. The molecule has 0 unspecified atom stereocenters. The average Bonchev–Trinajstić information content (AvgIpc) is 3.31. The summed E-state index contributed by atoms with van der Waals surface area (Å²) in [6.45, 7) is 6.15. The molecule has 0 atom stereocenters. The van der Waals surface area contributed by atoms with Crippen LogP contribution < -0.4 is 4.31 Å². The van der Waals surface area contributed by atoms with Gasteiger partial charge in [-0.3, -0.25) is 23.1 Å². The van der Waals surface area contributed by atoms with Crippen molar-refractivity contribution < 1.29 is 31.6 Å². The highest BCUT2D eigenvalue weighted by Gasteiger charge is 2.35. The summed E-state index contributed by atoms with van der Waals surface area (Å²) < 4.78 is 60.0. The highest BCUT2D eigenvalue weighted by molar-refractivity contribution is 7.93. The number of benzene rings is 2. The average molecular weight is 618 g/mol. The second kappa shape index (κ2) is 12.7. The summed E-state index contributed by atoms with van der Waals surface area (Å²) >= 11 is 12.2. The Labute approximate surface area is 237 Å². The van der Waals surface area contributed by atoms with Crippen molar-refractivity contribution in [2.45, 2.75) is 18.7 Å². The molecule has 212 valence electrons. The molecule has 0 saturated carbocycles. The van der Waals surface area contributed by atoms with E-state index in [9.17, 15) is 17.8 Å². The highest BCUT2D eigenvalue weighted by Crippen LogP contribution is 2.50. The van der Waals surface area contributed by atoms with Gasteiger partial charge in [-0.1, -0.05) is 23.2 Å². The molecule has 4 rings (SSSR count). The van der Waals surface area contributed by atoms with Crippen LogP contribution in [0.3, 0.4) is 0 Å². The number of nitrogens with zero attached hydrogens (tertiary/aromatic N) is 3. The topological polar surface area (TPSA) is 107 Å². The van der Waals surface area contributed by atoms with Gasteiger partial charge in [-0.25, -0.2) is 8.42 Å². The molecule has 2 aromatic carbocycles. The molecule has 0 amide bonds. The fourth-order valence-electron chi connectivity index (χ4n) is 4.30. The van der Waals surface area contributed by atoms with Crippen LogP contribution in [0, 0.1) is 0 Å².